The number of hydrogen-bond donors (Lipinski definition) is 1. The molecule has 0 aliphatic carbocycles. The van der Waals surface area contributed by atoms with E-state index in [-0.39, 0.29) is 6.04 Å². The van der Waals surface area contributed by atoms with Gasteiger partial charge in [0.25, 0.3) is 0 Å². The van der Waals surface area contributed by atoms with Crippen molar-refractivity contribution in [3.05, 3.63) is 11.7 Å². The molecule has 2 aliphatic heterocycles. The standard InChI is InChI=1S/C13H22N4O2/c1-10(17-6-4-14-5-7-17)12-15-13(19-16-12)11-2-8-18-9-3-11/h10-11,14H,2-9H2,1H3. The molecule has 1 aromatic rings. The molecule has 2 fully saturated rings. The van der Waals surface area contributed by atoms with E-state index in [1.54, 1.807) is 0 Å². The van der Waals surface area contributed by atoms with Gasteiger partial charge in [0.05, 0.1) is 6.04 Å². The highest BCUT2D eigenvalue weighted by Crippen LogP contribution is 2.27. The lowest BCUT2D eigenvalue weighted by Crippen LogP contribution is -2.44. The van der Waals surface area contributed by atoms with Crippen LogP contribution in [-0.4, -0.2) is 54.4 Å². The SMILES string of the molecule is CC(c1noc(C2CCOCC2)n1)N1CCNCC1. The minimum Gasteiger partial charge on any atom is -0.381 e. The Hall–Kier alpha value is -0.980. The molecule has 0 spiro atoms. The molecule has 106 valence electrons. The van der Waals surface area contributed by atoms with Crippen molar-refractivity contribution >= 4 is 0 Å². The Morgan fingerprint density at radius 2 is 2.00 bits per heavy atom. The molecule has 0 saturated carbocycles. The number of nitrogens with one attached hydrogen (secondary N) is 1. The first-order valence-corrected chi connectivity index (χ1v) is 7.20. The Kier molecular flexibility index (Phi) is 4.10. The molecular weight excluding hydrogens is 244 g/mol. The summed E-state index contributed by atoms with van der Waals surface area (Å²) in [4.78, 5) is 7.01. The van der Waals surface area contributed by atoms with E-state index in [1.807, 2.05) is 0 Å². The molecule has 6 nitrogen and oxygen atoms in total. The fourth-order valence-electron chi connectivity index (χ4n) is 2.76. The lowest BCUT2D eigenvalue weighted by Gasteiger charge is -2.30. The van der Waals surface area contributed by atoms with Crippen LogP contribution in [0.4, 0.5) is 0 Å². The molecule has 1 unspecified atom stereocenters. The van der Waals surface area contributed by atoms with Crippen molar-refractivity contribution in [2.75, 3.05) is 39.4 Å². The van der Waals surface area contributed by atoms with Crippen molar-refractivity contribution in [2.45, 2.75) is 31.7 Å². The molecule has 3 heterocycles. The lowest BCUT2D eigenvalue weighted by molar-refractivity contribution is 0.0778. The zero-order chi connectivity index (χ0) is 13.1. The molecule has 19 heavy (non-hydrogen) atoms. The van der Waals surface area contributed by atoms with Crippen molar-refractivity contribution < 1.29 is 9.26 Å². The zero-order valence-corrected chi connectivity index (χ0v) is 11.5. The minimum atomic E-state index is 0.236. The monoisotopic (exact) mass is 266 g/mol. The summed E-state index contributed by atoms with van der Waals surface area (Å²) in [7, 11) is 0. The van der Waals surface area contributed by atoms with E-state index in [4.69, 9.17) is 9.26 Å². The van der Waals surface area contributed by atoms with Crippen LogP contribution in [0.3, 0.4) is 0 Å². The Bertz CT molecular complexity index is 397. The molecule has 2 aliphatic rings. The van der Waals surface area contributed by atoms with E-state index in [9.17, 15) is 0 Å². The topological polar surface area (TPSA) is 63.4 Å². The Labute approximate surface area is 113 Å². The van der Waals surface area contributed by atoms with Crippen LogP contribution in [0.5, 0.6) is 0 Å². The first kappa shape index (κ1) is 13.0. The van der Waals surface area contributed by atoms with Crippen LogP contribution in [0.15, 0.2) is 4.52 Å². The Morgan fingerprint density at radius 1 is 1.26 bits per heavy atom. The van der Waals surface area contributed by atoms with E-state index >= 15 is 0 Å². The largest absolute Gasteiger partial charge is 0.381 e. The van der Waals surface area contributed by atoms with Gasteiger partial charge in [0.1, 0.15) is 0 Å². The van der Waals surface area contributed by atoms with Gasteiger partial charge < -0.3 is 14.6 Å². The summed E-state index contributed by atoms with van der Waals surface area (Å²) < 4.78 is 10.8. The predicted molar refractivity (Wildman–Crippen MR) is 69.9 cm³/mol. The fourth-order valence-corrected chi connectivity index (χ4v) is 2.76. The third-order valence-electron chi connectivity index (χ3n) is 4.10. The number of aromatic nitrogens is 2. The van der Waals surface area contributed by atoms with Crippen LogP contribution >= 0.6 is 0 Å². The molecule has 0 bridgehead atoms. The van der Waals surface area contributed by atoms with Gasteiger partial charge in [-0.2, -0.15) is 4.98 Å². The molecular formula is C13H22N4O2. The van der Waals surface area contributed by atoms with Crippen molar-refractivity contribution in [2.24, 2.45) is 0 Å². The summed E-state index contributed by atoms with van der Waals surface area (Å²) in [6.07, 6.45) is 1.98. The molecule has 1 N–H and O–H groups in total. The van der Waals surface area contributed by atoms with Crippen LogP contribution in [-0.2, 0) is 4.74 Å². The van der Waals surface area contributed by atoms with E-state index in [0.717, 1.165) is 63.9 Å². The van der Waals surface area contributed by atoms with Gasteiger partial charge in [0.15, 0.2) is 5.82 Å². The molecule has 0 radical (unpaired) electrons. The number of rotatable bonds is 3. The number of hydrogen-bond acceptors (Lipinski definition) is 6. The minimum absolute atomic E-state index is 0.236. The molecule has 3 rings (SSSR count). The van der Waals surface area contributed by atoms with Gasteiger partial charge in [0.2, 0.25) is 5.89 Å². The first-order valence-electron chi connectivity index (χ1n) is 7.20. The third-order valence-corrected chi connectivity index (χ3v) is 4.10. The van der Waals surface area contributed by atoms with Crippen molar-refractivity contribution in [1.29, 1.82) is 0 Å². The predicted octanol–water partition coefficient (Wildman–Crippen LogP) is 0.930. The molecule has 6 heteroatoms. The van der Waals surface area contributed by atoms with E-state index in [1.165, 1.54) is 0 Å². The second-order valence-corrected chi connectivity index (χ2v) is 5.34. The van der Waals surface area contributed by atoms with Gasteiger partial charge in [-0.25, -0.2) is 0 Å². The van der Waals surface area contributed by atoms with Crippen LogP contribution in [0.25, 0.3) is 0 Å². The molecule has 1 atom stereocenters. The first-order chi connectivity index (χ1) is 9.34. The third kappa shape index (κ3) is 2.96. The maximum Gasteiger partial charge on any atom is 0.229 e. The van der Waals surface area contributed by atoms with E-state index in [0.29, 0.717) is 5.92 Å². The number of piperazine rings is 1. The second-order valence-electron chi connectivity index (χ2n) is 5.34. The van der Waals surface area contributed by atoms with Crippen LogP contribution < -0.4 is 5.32 Å². The summed E-state index contributed by atoms with van der Waals surface area (Å²) in [5, 5.41) is 7.54. The van der Waals surface area contributed by atoms with Crippen LogP contribution in [0, 0.1) is 0 Å². The quantitative estimate of drug-likeness (QED) is 0.878. The summed E-state index contributed by atoms with van der Waals surface area (Å²) in [5.41, 5.74) is 0. The summed E-state index contributed by atoms with van der Waals surface area (Å²) in [6, 6.07) is 0.236. The summed E-state index contributed by atoms with van der Waals surface area (Å²) in [5.74, 6) is 1.99. The van der Waals surface area contributed by atoms with Gasteiger partial charge in [-0.15, -0.1) is 0 Å². The zero-order valence-electron chi connectivity index (χ0n) is 11.5. The Morgan fingerprint density at radius 3 is 2.74 bits per heavy atom. The highest BCUT2D eigenvalue weighted by molar-refractivity contribution is 4.99. The van der Waals surface area contributed by atoms with Crippen molar-refractivity contribution in [3.63, 3.8) is 0 Å². The van der Waals surface area contributed by atoms with E-state index in [2.05, 4.69) is 27.3 Å². The van der Waals surface area contributed by atoms with Gasteiger partial charge in [0, 0.05) is 45.3 Å². The summed E-state index contributed by atoms with van der Waals surface area (Å²) >= 11 is 0. The van der Waals surface area contributed by atoms with Crippen molar-refractivity contribution in [1.82, 2.24) is 20.4 Å². The second kappa shape index (κ2) is 5.98. The average Bonchev–Trinajstić information content (AvgIpc) is 2.98. The number of nitrogens with zero attached hydrogens (tertiary/aromatic N) is 3. The van der Waals surface area contributed by atoms with Crippen molar-refractivity contribution in [3.8, 4) is 0 Å². The van der Waals surface area contributed by atoms with Gasteiger partial charge in [-0.3, -0.25) is 4.90 Å². The maximum atomic E-state index is 5.46. The normalized spacial score (nSPS) is 24.5. The number of ether oxygens (including phenoxy) is 1. The maximum absolute atomic E-state index is 5.46. The average molecular weight is 266 g/mol. The van der Waals surface area contributed by atoms with Crippen LogP contribution in [0.1, 0.15) is 43.4 Å². The smallest absolute Gasteiger partial charge is 0.229 e. The highest BCUT2D eigenvalue weighted by atomic mass is 16.5. The molecule has 1 aromatic heterocycles. The Balaban J connectivity index is 1.65. The molecule has 2 saturated heterocycles. The van der Waals surface area contributed by atoms with Gasteiger partial charge in [-0.05, 0) is 19.8 Å². The van der Waals surface area contributed by atoms with Gasteiger partial charge >= 0.3 is 0 Å². The highest BCUT2D eigenvalue weighted by Gasteiger charge is 2.26. The molecule has 0 amide bonds. The summed E-state index contributed by atoms with van der Waals surface area (Å²) in [6.45, 7) is 7.92. The van der Waals surface area contributed by atoms with Crippen LogP contribution in [0.2, 0.25) is 0 Å². The van der Waals surface area contributed by atoms with Gasteiger partial charge in [-0.1, -0.05) is 5.16 Å². The fraction of sp³-hybridized carbons (Fsp3) is 0.846. The molecule has 0 aromatic carbocycles. The van der Waals surface area contributed by atoms with E-state index < -0.39 is 0 Å². The lowest BCUT2D eigenvalue weighted by atomic mass is 10.0.